The molecule has 1 aromatic heterocycles. The molecule has 8 heteroatoms. The highest BCUT2D eigenvalue weighted by Gasteiger charge is 2.20. The van der Waals surface area contributed by atoms with E-state index in [-0.39, 0.29) is 30.6 Å². The lowest BCUT2D eigenvalue weighted by Crippen LogP contribution is -2.49. The van der Waals surface area contributed by atoms with Crippen LogP contribution in [0.3, 0.4) is 0 Å². The summed E-state index contributed by atoms with van der Waals surface area (Å²) >= 11 is 3.36. The number of fused-ring (bicyclic) bond motifs is 1. The first-order valence-corrected chi connectivity index (χ1v) is 7.02. The number of nitrogens with one attached hydrogen (secondary N) is 1. The second-order valence-electron chi connectivity index (χ2n) is 4.78. The summed E-state index contributed by atoms with van der Waals surface area (Å²) in [4.78, 5) is 10.8. The van der Waals surface area contributed by atoms with E-state index in [0.29, 0.717) is 10.5 Å². The van der Waals surface area contributed by atoms with E-state index in [4.69, 9.17) is 0 Å². The Bertz CT molecular complexity index is 628. The number of rotatable bonds is 1. The van der Waals surface area contributed by atoms with Crippen molar-refractivity contribution < 1.29 is 4.39 Å². The highest BCUT2D eigenvalue weighted by molar-refractivity contribution is 9.10. The summed E-state index contributed by atoms with van der Waals surface area (Å²) in [6.45, 7) is 4.76. The summed E-state index contributed by atoms with van der Waals surface area (Å²) in [5.41, 5.74) is 0.748. The number of aromatic nitrogens is 2. The van der Waals surface area contributed by atoms with Gasteiger partial charge in [0.1, 0.15) is 18.0 Å². The Kier molecular flexibility index (Phi) is 6.59. The number of benzene rings is 1. The Balaban J connectivity index is 0.00000110. The van der Waals surface area contributed by atoms with E-state index in [1.807, 2.05) is 0 Å². The molecule has 1 saturated heterocycles. The minimum absolute atomic E-state index is 0. The SMILES string of the molecule is C[C@H]1CN(c2ncnc3c(Br)cc(F)cc23)CCN1.Cl.Cl. The van der Waals surface area contributed by atoms with Gasteiger partial charge < -0.3 is 10.2 Å². The second-order valence-corrected chi connectivity index (χ2v) is 5.64. The van der Waals surface area contributed by atoms with E-state index >= 15 is 0 Å². The van der Waals surface area contributed by atoms with Gasteiger partial charge in [0.05, 0.1) is 5.52 Å². The molecule has 116 valence electrons. The fourth-order valence-electron chi connectivity index (χ4n) is 2.46. The van der Waals surface area contributed by atoms with E-state index in [9.17, 15) is 4.39 Å². The average molecular weight is 398 g/mol. The predicted molar refractivity (Wildman–Crippen MR) is 91.4 cm³/mol. The van der Waals surface area contributed by atoms with Crippen molar-refractivity contribution in [2.24, 2.45) is 0 Å². The van der Waals surface area contributed by atoms with Gasteiger partial charge in [-0.2, -0.15) is 0 Å². The van der Waals surface area contributed by atoms with Gasteiger partial charge in [0.15, 0.2) is 0 Å². The Morgan fingerprint density at radius 3 is 2.81 bits per heavy atom. The van der Waals surface area contributed by atoms with Gasteiger partial charge >= 0.3 is 0 Å². The minimum atomic E-state index is -0.279. The van der Waals surface area contributed by atoms with E-state index < -0.39 is 0 Å². The lowest BCUT2D eigenvalue weighted by molar-refractivity contribution is 0.483. The van der Waals surface area contributed by atoms with E-state index in [2.05, 4.69) is 43.0 Å². The Morgan fingerprint density at radius 1 is 1.33 bits per heavy atom. The number of anilines is 1. The molecule has 1 fully saturated rings. The van der Waals surface area contributed by atoms with Crippen molar-refractivity contribution in [1.29, 1.82) is 0 Å². The van der Waals surface area contributed by atoms with Crippen molar-refractivity contribution in [3.8, 4) is 0 Å². The van der Waals surface area contributed by atoms with Crippen LogP contribution in [0.5, 0.6) is 0 Å². The lowest BCUT2D eigenvalue weighted by atomic mass is 10.2. The summed E-state index contributed by atoms with van der Waals surface area (Å²) in [7, 11) is 0. The van der Waals surface area contributed by atoms with Crippen molar-refractivity contribution in [3.05, 3.63) is 28.7 Å². The molecule has 0 bridgehead atoms. The second kappa shape index (κ2) is 7.54. The highest BCUT2D eigenvalue weighted by Crippen LogP contribution is 2.29. The molecule has 0 saturated carbocycles. The summed E-state index contributed by atoms with van der Waals surface area (Å²) in [5.74, 6) is 0.525. The fourth-order valence-corrected chi connectivity index (χ4v) is 2.99. The van der Waals surface area contributed by atoms with Crippen molar-refractivity contribution in [2.75, 3.05) is 24.5 Å². The average Bonchev–Trinajstić information content (AvgIpc) is 2.38. The number of halogens is 4. The maximum Gasteiger partial charge on any atom is 0.140 e. The third kappa shape index (κ3) is 3.74. The Labute approximate surface area is 143 Å². The number of hydrogen-bond donors (Lipinski definition) is 1. The molecule has 0 radical (unpaired) electrons. The first-order chi connectivity index (χ1) is 9.15. The van der Waals surface area contributed by atoms with Gasteiger partial charge in [0.2, 0.25) is 0 Å². The van der Waals surface area contributed by atoms with Crippen LogP contribution in [0.25, 0.3) is 10.9 Å². The van der Waals surface area contributed by atoms with Crippen LogP contribution in [-0.4, -0.2) is 35.6 Å². The van der Waals surface area contributed by atoms with Gasteiger partial charge in [-0.3, -0.25) is 0 Å². The van der Waals surface area contributed by atoms with Crippen LogP contribution >= 0.6 is 40.7 Å². The zero-order valence-electron chi connectivity index (χ0n) is 11.3. The molecule has 1 N–H and O–H groups in total. The molecule has 1 aliphatic heterocycles. The Hall–Kier alpha value is -0.690. The molecule has 0 aliphatic carbocycles. The maximum absolute atomic E-state index is 13.6. The van der Waals surface area contributed by atoms with Crippen LogP contribution in [0.1, 0.15) is 6.92 Å². The van der Waals surface area contributed by atoms with Gasteiger partial charge in [-0.15, -0.1) is 24.8 Å². The highest BCUT2D eigenvalue weighted by atomic mass is 79.9. The van der Waals surface area contributed by atoms with Gasteiger partial charge in [-0.1, -0.05) is 0 Å². The molecule has 21 heavy (non-hydrogen) atoms. The quantitative estimate of drug-likeness (QED) is 0.802. The summed E-state index contributed by atoms with van der Waals surface area (Å²) in [6, 6.07) is 3.33. The molecule has 3 rings (SSSR count). The van der Waals surface area contributed by atoms with Gasteiger partial charge in [-0.25, -0.2) is 14.4 Å². The largest absolute Gasteiger partial charge is 0.353 e. The van der Waals surface area contributed by atoms with Crippen LogP contribution in [0.4, 0.5) is 10.2 Å². The summed E-state index contributed by atoms with van der Waals surface area (Å²) in [6.07, 6.45) is 1.53. The van der Waals surface area contributed by atoms with Gasteiger partial charge in [0.25, 0.3) is 0 Å². The molecule has 2 aromatic rings. The number of nitrogens with zero attached hydrogens (tertiary/aromatic N) is 3. The molecular weight excluding hydrogens is 382 g/mol. The first kappa shape index (κ1) is 18.4. The zero-order chi connectivity index (χ0) is 13.4. The first-order valence-electron chi connectivity index (χ1n) is 6.23. The minimum Gasteiger partial charge on any atom is -0.353 e. The molecule has 2 heterocycles. The lowest BCUT2D eigenvalue weighted by Gasteiger charge is -2.33. The molecule has 1 aliphatic rings. The molecule has 0 unspecified atom stereocenters. The van der Waals surface area contributed by atoms with Crippen LogP contribution in [0.15, 0.2) is 22.9 Å². The van der Waals surface area contributed by atoms with E-state index in [1.165, 1.54) is 18.5 Å². The zero-order valence-corrected chi connectivity index (χ0v) is 14.6. The standard InChI is InChI=1S/C13H14BrFN4.2ClH/c1-8-6-19(3-2-16-8)13-10-4-9(15)5-11(14)12(10)17-7-18-13;;/h4-5,7-8,16H,2-3,6H2,1H3;2*1H/t8-;;/m0../s1. The number of hydrogen-bond acceptors (Lipinski definition) is 4. The normalized spacial score (nSPS) is 18.0. The smallest absolute Gasteiger partial charge is 0.140 e. The van der Waals surface area contributed by atoms with Crippen LogP contribution in [-0.2, 0) is 0 Å². The van der Waals surface area contributed by atoms with Crippen LogP contribution in [0, 0.1) is 5.82 Å². The summed E-state index contributed by atoms with van der Waals surface area (Å²) < 4.78 is 14.3. The molecular formula is C13H16BrCl2FN4. The third-order valence-electron chi connectivity index (χ3n) is 3.30. The van der Waals surface area contributed by atoms with Crippen molar-refractivity contribution in [2.45, 2.75) is 13.0 Å². The van der Waals surface area contributed by atoms with Crippen molar-refractivity contribution >= 4 is 57.5 Å². The summed E-state index contributed by atoms with van der Waals surface area (Å²) in [5, 5.41) is 4.14. The van der Waals surface area contributed by atoms with Crippen molar-refractivity contribution in [1.82, 2.24) is 15.3 Å². The molecule has 0 amide bonds. The van der Waals surface area contributed by atoms with E-state index in [1.54, 1.807) is 0 Å². The third-order valence-corrected chi connectivity index (χ3v) is 3.91. The van der Waals surface area contributed by atoms with Crippen LogP contribution < -0.4 is 10.2 Å². The number of piperazine rings is 1. The predicted octanol–water partition coefficient (Wildman–Crippen LogP) is 3.17. The maximum atomic E-state index is 13.6. The Morgan fingerprint density at radius 2 is 2.10 bits per heavy atom. The van der Waals surface area contributed by atoms with Crippen LogP contribution in [0.2, 0.25) is 0 Å². The fraction of sp³-hybridized carbons (Fsp3) is 0.385. The topological polar surface area (TPSA) is 41.1 Å². The molecule has 1 aromatic carbocycles. The van der Waals surface area contributed by atoms with Gasteiger partial charge in [-0.05, 0) is 35.0 Å². The monoisotopic (exact) mass is 396 g/mol. The molecule has 0 spiro atoms. The molecule has 1 atom stereocenters. The van der Waals surface area contributed by atoms with Gasteiger partial charge in [0, 0.05) is 35.5 Å². The van der Waals surface area contributed by atoms with Crippen molar-refractivity contribution in [3.63, 3.8) is 0 Å². The molecule has 4 nitrogen and oxygen atoms in total. The van der Waals surface area contributed by atoms with E-state index in [0.717, 1.165) is 36.4 Å².